The van der Waals surface area contributed by atoms with Crippen LogP contribution in [0.15, 0.2) is 0 Å². The summed E-state index contributed by atoms with van der Waals surface area (Å²) in [6.45, 7) is 0. The second-order valence-corrected chi connectivity index (χ2v) is 0.556. The smallest absolute Gasteiger partial charge is 0.185 e. The van der Waals surface area contributed by atoms with E-state index in [9.17, 15) is 13.6 Å². The van der Waals surface area contributed by atoms with Crippen LogP contribution in [0.25, 0.3) is 0 Å². The molecular formula is BCoF3O3. The molecule has 0 spiro atoms. The normalized spacial score (nSPS) is 7.88. The molecule has 0 aliphatic carbocycles. The van der Waals surface area contributed by atoms with E-state index in [0.717, 1.165) is 0 Å². The van der Waals surface area contributed by atoms with E-state index in [1.54, 1.807) is 0 Å². The van der Waals surface area contributed by atoms with Crippen molar-refractivity contribution in [3.05, 3.63) is 0 Å². The molecule has 51 valence electrons. The molecular weight excluding hydrogens is 175 g/mol. The van der Waals surface area contributed by atoms with Crippen LogP contribution in [0.4, 0.5) is 13.6 Å². The first-order valence-electron chi connectivity index (χ1n) is 1.17. The molecule has 0 atom stereocenters. The number of rotatable bonds is 3. The molecule has 0 N–H and O–H groups in total. The fraction of sp³-hybridized carbons (Fsp3) is 0. The molecule has 0 saturated carbocycles. The predicted molar refractivity (Wildman–Crippen MR) is 12.3 cm³/mol. The molecule has 0 aliphatic heterocycles. The van der Waals surface area contributed by atoms with Gasteiger partial charge >= 0.3 is 7.32 Å². The van der Waals surface area contributed by atoms with Gasteiger partial charge in [0.2, 0.25) is 0 Å². The van der Waals surface area contributed by atoms with Gasteiger partial charge in [0.05, 0.1) is 0 Å². The van der Waals surface area contributed by atoms with Gasteiger partial charge in [0.1, 0.15) is 0 Å². The second-order valence-electron chi connectivity index (χ2n) is 0.556. The van der Waals surface area contributed by atoms with Gasteiger partial charge in [-0.15, -0.1) is 0 Å². The number of halogens is 3. The first-order chi connectivity index (χ1) is 3.35. The minimum absolute atomic E-state index is 0. The number of hydrogen-bond acceptors (Lipinski definition) is 3. The Morgan fingerprint density at radius 1 is 0.875 bits per heavy atom. The fourth-order valence-corrected chi connectivity index (χ4v) is 0.0412. The van der Waals surface area contributed by atoms with Gasteiger partial charge in [-0.25, -0.2) is 0 Å². The molecule has 0 bridgehead atoms. The summed E-state index contributed by atoms with van der Waals surface area (Å²) in [6, 6.07) is 0. The Morgan fingerprint density at radius 2 is 1.12 bits per heavy atom. The monoisotopic (exact) mass is 175 g/mol. The molecule has 8 heavy (non-hydrogen) atoms. The Kier molecular flexibility index (Phi) is 10.0. The maximum atomic E-state index is 10.4. The summed E-state index contributed by atoms with van der Waals surface area (Å²) in [7, 11) is -2.51. The van der Waals surface area contributed by atoms with Crippen LogP contribution in [0.5, 0.6) is 0 Å². The SMILES string of the molecule is FOB(OF)OF.[Co]. The van der Waals surface area contributed by atoms with Gasteiger partial charge in [-0.3, -0.25) is 0 Å². The van der Waals surface area contributed by atoms with Crippen LogP contribution >= 0.6 is 0 Å². The average molecular weight is 175 g/mol. The van der Waals surface area contributed by atoms with Crippen molar-refractivity contribution in [3.8, 4) is 0 Å². The van der Waals surface area contributed by atoms with Gasteiger partial charge < -0.3 is 0 Å². The summed E-state index contributed by atoms with van der Waals surface area (Å²) >= 11 is 0. The summed E-state index contributed by atoms with van der Waals surface area (Å²) in [5, 5.41) is 0. The summed E-state index contributed by atoms with van der Waals surface area (Å²) in [4.78, 5) is 7.06. The van der Waals surface area contributed by atoms with Crippen LogP contribution in [0, 0.1) is 0 Å². The second kappa shape index (κ2) is 7.24. The number of hydrogen-bond donors (Lipinski definition) is 0. The molecule has 0 heterocycles. The fourth-order valence-electron chi connectivity index (χ4n) is 0.0412. The van der Waals surface area contributed by atoms with Gasteiger partial charge in [-0.2, -0.15) is 14.6 Å². The van der Waals surface area contributed by atoms with Crippen LogP contribution < -0.4 is 0 Å². The Bertz CT molecular complexity index is 36.0. The van der Waals surface area contributed by atoms with E-state index in [1.165, 1.54) is 0 Å². The van der Waals surface area contributed by atoms with Crippen molar-refractivity contribution >= 4 is 7.32 Å². The van der Waals surface area contributed by atoms with E-state index < -0.39 is 7.32 Å². The zero-order valence-electron chi connectivity index (χ0n) is 3.27. The Hall–Kier alpha value is 0.241. The standard InChI is InChI=1S/BF3O3.Co/c2-5-1(6-3)7-4;. The minimum atomic E-state index is -2.51. The summed E-state index contributed by atoms with van der Waals surface area (Å²) < 4.78 is 31.3. The molecule has 0 aliphatic rings. The van der Waals surface area contributed by atoms with Crippen molar-refractivity contribution < 1.29 is 44.9 Å². The molecule has 0 rings (SSSR count). The Morgan fingerprint density at radius 3 is 1.12 bits per heavy atom. The van der Waals surface area contributed by atoms with Gasteiger partial charge in [0.25, 0.3) is 0 Å². The van der Waals surface area contributed by atoms with E-state index in [-0.39, 0.29) is 16.8 Å². The van der Waals surface area contributed by atoms with Crippen LogP contribution in [-0.4, -0.2) is 7.32 Å². The summed E-state index contributed by atoms with van der Waals surface area (Å²) in [6.07, 6.45) is 0. The third-order valence-corrected chi connectivity index (χ3v) is 0.218. The first kappa shape index (κ1) is 11.1. The zero-order valence-corrected chi connectivity index (χ0v) is 4.31. The average Bonchev–Trinajstić information content (AvgIpc) is 1.72. The molecule has 0 unspecified atom stereocenters. The van der Waals surface area contributed by atoms with E-state index in [0.29, 0.717) is 0 Å². The van der Waals surface area contributed by atoms with Gasteiger partial charge in [0.15, 0.2) is 0 Å². The topological polar surface area (TPSA) is 27.7 Å². The first-order valence-corrected chi connectivity index (χ1v) is 1.17. The van der Waals surface area contributed by atoms with Crippen LogP contribution in [0.1, 0.15) is 0 Å². The van der Waals surface area contributed by atoms with Crippen LogP contribution in [-0.2, 0) is 31.4 Å². The van der Waals surface area contributed by atoms with Crippen molar-refractivity contribution in [1.82, 2.24) is 0 Å². The van der Waals surface area contributed by atoms with E-state index in [2.05, 4.69) is 14.6 Å². The molecule has 0 aromatic carbocycles. The van der Waals surface area contributed by atoms with Crippen LogP contribution in [0.3, 0.4) is 0 Å². The quantitative estimate of drug-likeness (QED) is 0.589. The minimum Gasteiger partial charge on any atom is -0.185 e. The summed E-state index contributed by atoms with van der Waals surface area (Å²) in [5.74, 6) is 0. The molecule has 0 aromatic heterocycles. The van der Waals surface area contributed by atoms with E-state index >= 15 is 0 Å². The van der Waals surface area contributed by atoms with Crippen molar-refractivity contribution in [2.24, 2.45) is 0 Å². The molecule has 0 fully saturated rings. The van der Waals surface area contributed by atoms with Crippen molar-refractivity contribution in [1.29, 1.82) is 0 Å². The van der Waals surface area contributed by atoms with Gasteiger partial charge in [-0.05, 0) is 0 Å². The molecule has 0 amide bonds. The molecule has 3 nitrogen and oxygen atoms in total. The molecule has 8 heteroatoms. The van der Waals surface area contributed by atoms with E-state index in [4.69, 9.17) is 0 Å². The largest absolute Gasteiger partial charge is 0.737 e. The molecule has 0 saturated heterocycles. The zero-order chi connectivity index (χ0) is 5.70. The van der Waals surface area contributed by atoms with Crippen molar-refractivity contribution in [3.63, 3.8) is 0 Å². The Balaban J connectivity index is 0. The Labute approximate surface area is 53.2 Å². The van der Waals surface area contributed by atoms with E-state index in [1.807, 2.05) is 0 Å². The predicted octanol–water partition coefficient (Wildman–Crippen LogP) is 0.672. The maximum Gasteiger partial charge on any atom is 0.737 e. The maximum absolute atomic E-state index is 10.4. The molecule has 1 radical (unpaired) electrons. The van der Waals surface area contributed by atoms with Crippen LogP contribution in [0.2, 0.25) is 0 Å². The third-order valence-electron chi connectivity index (χ3n) is 0.218. The molecule has 0 aromatic rings. The third kappa shape index (κ3) is 4.40. The van der Waals surface area contributed by atoms with Gasteiger partial charge in [0, 0.05) is 16.8 Å². The summed E-state index contributed by atoms with van der Waals surface area (Å²) in [5.41, 5.74) is 0. The van der Waals surface area contributed by atoms with Crippen molar-refractivity contribution in [2.75, 3.05) is 0 Å². The van der Waals surface area contributed by atoms with Gasteiger partial charge in [-0.1, -0.05) is 13.6 Å². The van der Waals surface area contributed by atoms with Crippen molar-refractivity contribution in [2.45, 2.75) is 0 Å².